The molecular formula is C19H24N4O3S. The van der Waals surface area contributed by atoms with Gasteiger partial charge in [0.05, 0.1) is 17.9 Å². The smallest absolute Gasteiger partial charge is 0.344 e. The first-order valence-electron chi connectivity index (χ1n) is 9.46. The Morgan fingerprint density at radius 3 is 3.07 bits per heavy atom. The van der Waals surface area contributed by atoms with Crippen LogP contribution in [0.2, 0.25) is 0 Å². The summed E-state index contributed by atoms with van der Waals surface area (Å²) in [6, 6.07) is 6.13. The van der Waals surface area contributed by atoms with Crippen LogP contribution in [-0.4, -0.2) is 38.6 Å². The molecule has 2 aliphatic rings. The fourth-order valence-corrected chi connectivity index (χ4v) is 4.52. The summed E-state index contributed by atoms with van der Waals surface area (Å²) in [6.45, 7) is 3.03. The number of hydrogen-bond donors (Lipinski definition) is 2. The lowest BCUT2D eigenvalue weighted by Gasteiger charge is -2.14. The van der Waals surface area contributed by atoms with Crippen molar-refractivity contribution >= 4 is 23.4 Å². The molecule has 1 aliphatic carbocycles. The molecule has 1 amide bonds. The standard InChI is InChI=1S/C19H24N4O3S/c1-12(17(24)20-15-8-7-13-4-2-5-14(13)10-15)27-19-22-21-18(25)23(19)11-16-6-3-9-26-16/h7-8,10,12,16H,2-6,9,11H2,1H3,(H,20,24)(H,21,25)/t12-,16+/m0/s1. The minimum atomic E-state index is -0.378. The van der Waals surface area contributed by atoms with Gasteiger partial charge in [-0.2, -0.15) is 0 Å². The first-order chi connectivity index (χ1) is 13.1. The number of rotatable bonds is 6. The molecule has 0 bridgehead atoms. The van der Waals surface area contributed by atoms with E-state index in [0.717, 1.165) is 38.0 Å². The Morgan fingerprint density at radius 1 is 1.41 bits per heavy atom. The second-order valence-corrected chi connectivity index (χ2v) is 8.45. The number of nitrogens with one attached hydrogen (secondary N) is 2. The Labute approximate surface area is 161 Å². The normalized spacial score (nSPS) is 19.8. The van der Waals surface area contributed by atoms with Crippen LogP contribution in [-0.2, 0) is 28.9 Å². The molecule has 1 aliphatic heterocycles. The molecule has 1 saturated heterocycles. The van der Waals surface area contributed by atoms with E-state index >= 15 is 0 Å². The van der Waals surface area contributed by atoms with Gasteiger partial charge in [0.2, 0.25) is 5.91 Å². The quantitative estimate of drug-likeness (QED) is 0.742. The summed E-state index contributed by atoms with van der Waals surface area (Å²) < 4.78 is 7.18. The van der Waals surface area contributed by atoms with Crippen molar-refractivity contribution in [3.8, 4) is 0 Å². The van der Waals surface area contributed by atoms with Crippen molar-refractivity contribution in [2.45, 2.75) is 62.1 Å². The first kappa shape index (κ1) is 18.3. The summed E-state index contributed by atoms with van der Waals surface area (Å²) in [5.74, 6) is -0.0999. The molecule has 27 heavy (non-hydrogen) atoms. The van der Waals surface area contributed by atoms with Crippen LogP contribution in [0.15, 0.2) is 28.2 Å². The van der Waals surface area contributed by atoms with E-state index < -0.39 is 0 Å². The summed E-state index contributed by atoms with van der Waals surface area (Å²) >= 11 is 1.28. The van der Waals surface area contributed by atoms with Gasteiger partial charge >= 0.3 is 5.69 Å². The number of nitrogens with zero attached hydrogens (tertiary/aromatic N) is 2. The Kier molecular flexibility index (Phi) is 5.36. The van der Waals surface area contributed by atoms with E-state index in [0.29, 0.717) is 11.7 Å². The number of hydrogen-bond acceptors (Lipinski definition) is 5. The molecular weight excluding hydrogens is 364 g/mol. The first-order valence-corrected chi connectivity index (χ1v) is 10.3. The molecule has 1 aromatic heterocycles. The summed E-state index contributed by atoms with van der Waals surface area (Å²) in [4.78, 5) is 24.7. The number of H-pyrrole nitrogens is 1. The molecule has 2 heterocycles. The molecule has 0 saturated carbocycles. The molecule has 1 fully saturated rings. The van der Waals surface area contributed by atoms with Gasteiger partial charge < -0.3 is 10.1 Å². The van der Waals surface area contributed by atoms with Crippen LogP contribution in [0, 0.1) is 0 Å². The van der Waals surface area contributed by atoms with Gasteiger partial charge in [-0.3, -0.25) is 9.36 Å². The van der Waals surface area contributed by atoms with Crippen LogP contribution in [0.25, 0.3) is 0 Å². The van der Waals surface area contributed by atoms with Gasteiger partial charge in [0, 0.05) is 12.3 Å². The molecule has 1 aromatic carbocycles. The number of carbonyl (C=O) groups is 1. The average molecular weight is 388 g/mol. The zero-order valence-electron chi connectivity index (χ0n) is 15.4. The van der Waals surface area contributed by atoms with Crippen LogP contribution in [0.4, 0.5) is 5.69 Å². The lowest BCUT2D eigenvalue weighted by atomic mass is 10.1. The number of aromatic amines is 1. The van der Waals surface area contributed by atoms with Crippen molar-refractivity contribution in [1.29, 1.82) is 0 Å². The van der Waals surface area contributed by atoms with Crippen molar-refractivity contribution in [1.82, 2.24) is 14.8 Å². The SMILES string of the molecule is C[C@H](Sc1n[nH]c(=O)n1C[C@H]1CCCO1)C(=O)Nc1ccc2c(c1)CCC2. The monoisotopic (exact) mass is 388 g/mol. The number of amides is 1. The third-order valence-electron chi connectivity index (χ3n) is 5.15. The van der Waals surface area contributed by atoms with Crippen LogP contribution in [0.3, 0.4) is 0 Å². The van der Waals surface area contributed by atoms with Crippen LogP contribution >= 0.6 is 11.8 Å². The number of aromatic nitrogens is 3. The van der Waals surface area contributed by atoms with Gasteiger partial charge in [-0.05, 0) is 62.3 Å². The highest BCUT2D eigenvalue weighted by Crippen LogP contribution is 2.26. The number of anilines is 1. The van der Waals surface area contributed by atoms with Gasteiger partial charge in [-0.1, -0.05) is 17.8 Å². The predicted molar refractivity (Wildman–Crippen MR) is 104 cm³/mol. The van der Waals surface area contributed by atoms with Crippen molar-refractivity contribution in [2.24, 2.45) is 0 Å². The van der Waals surface area contributed by atoms with E-state index in [1.807, 2.05) is 13.0 Å². The maximum atomic E-state index is 12.6. The Hall–Kier alpha value is -2.06. The molecule has 2 atom stereocenters. The fourth-order valence-electron chi connectivity index (χ4n) is 3.65. The van der Waals surface area contributed by atoms with Crippen LogP contribution in [0.1, 0.15) is 37.3 Å². The molecule has 0 unspecified atom stereocenters. The third-order valence-corrected chi connectivity index (χ3v) is 6.24. The van der Waals surface area contributed by atoms with Gasteiger partial charge in [-0.25, -0.2) is 9.89 Å². The number of aryl methyl sites for hydroxylation is 2. The zero-order valence-corrected chi connectivity index (χ0v) is 16.2. The number of fused-ring (bicyclic) bond motifs is 1. The molecule has 144 valence electrons. The number of thioether (sulfide) groups is 1. The lowest BCUT2D eigenvalue weighted by molar-refractivity contribution is -0.115. The van der Waals surface area contributed by atoms with Crippen molar-refractivity contribution < 1.29 is 9.53 Å². The highest BCUT2D eigenvalue weighted by molar-refractivity contribution is 8.00. The molecule has 8 heteroatoms. The zero-order chi connectivity index (χ0) is 18.8. The summed E-state index contributed by atoms with van der Waals surface area (Å²) in [5.41, 5.74) is 3.27. The predicted octanol–water partition coefficient (Wildman–Crippen LogP) is 2.36. The largest absolute Gasteiger partial charge is 0.376 e. The molecule has 0 radical (unpaired) electrons. The van der Waals surface area contributed by atoms with Gasteiger partial charge in [0.1, 0.15) is 0 Å². The number of benzene rings is 1. The molecule has 0 spiro atoms. The minimum Gasteiger partial charge on any atom is -0.376 e. The highest BCUT2D eigenvalue weighted by atomic mass is 32.2. The second kappa shape index (κ2) is 7.90. The maximum absolute atomic E-state index is 12.6. The van der Waals surface area contributed by atoms with Gasteiger partial charge in [-0.15, -0.1) is 5.10 Å². The highest BCUT2D eigenvalue weighted by Gasteiger charge is 2.23. The average Bonchev–Trinajstić information content (AvgIpc) is 3.39. The fraction of sp³-hybridized carbons (Fsp3) is 0.526. The Balaban J connectivity index is 1.40. The number of carbonyl (C=O) groups excluding carboxylic acids is 1. The maximum Gasteiger partial charge on any atom is 0.344 e. The Bertz CT molecular complexity index is 885. The van der Waals surface area contributed by atoms with E-state index in [2.05, 4.69) is 27.6 Å². The van der Waals surface area contributed by atoms with Gasteiger partial charge in [0.15, 0.2) is 5.16 Å². The van der Waals surface area contributed by atoms with Crippen molar-refractivity contribution in [3.63, 3.8) is 0 Å². The van der Waals surface area contributed by atoms with E-state index in [4.69, 9.17) is 4.74 Å². The Morgan fingerprint density at radius 2 is 2.26 bits per heavy atom. The molecule has 4 rings (SSSR count). The summed E-state index contributed by atoms with van der Waals surface area (Å²) in [6.07, 6.45) is 5.37. The van der Waals surface area contributed by atoms with E-state index in [9.17, 15) is 9.59 Å². The van der Waals surface area contributed by atoms with Gasteiger partial charge in [0.25, 0.3) is 0 Å². The summed E-state index contributed by atoms with van der Waals surface area (Å²) in [7, 11) is 0. The molecule has 2 aromatic rings. The molecule has 7 nitrogen and oxygen atoms in total. The van der Waals surface area contributed by atoms with E-state index in [1.165, 1.54) is 29.3 Å². The van der Waals surface area contributed by atoms with Crippen LogP contribution < -0.4 is 11.0 Å². The van der Waals surface area contributed by atoms with Crippen molar-refractivity contribution in [3.05, 3.63) is 39.8 Å². The minimum absolute atomic E-state index is 0.0372. The third kappa shape index (κ3) is 4.11. The second-order valence-electron chi connectivity index (χ2n) is 7.14. The summed E-state index contributed by atoms with van der Waals surface area (Å²) in [5, 5.41) is 9.69. The molecule has 2 N–H and O–H groups in total. The number of ether oxygens (including phenoxy) is 1. The van der Waals surface area contributed by atoms with E-state index in [-0.39, 0.29) is 23.0 Å². The van der Waals surface area contributed by atoms with E-state index in [1.54, 1.807) is 4.57 Å². The lowest BCUT2D eigenvalue weighted by Crippen LogP contribution is -2.27. The van der Waals surface area contributed by atoms with Crippen LogP contribution in [0.5, 0.6) is 0 Å². The van der Waals surface area contributed by atoms with Crippen molar-refractivity contribution in [2.75, 3.05) is 11.9 Å². The topological polar surface area (TPSA) is 89.0 Å².